The van der Waals surface area contributed by atoms with Crippen molar-refractivity contribution in [1.29, 1.82) is 0 Å². The van der Waals surface area contributed by atoms with Gasteiger partial charge in [0, 0.05) is 12.0 Å². The van der Waals surface area contributed by atoms with Crippen LogP contribution in [0.25, 0.3) is 0 Å². The Kier molecular flexibility index (Phi) is 4.11. The van der Waals surface area contributed by atoms with E-state index in [2.05, 4.69) is 5.32 Å². The van der Waals surface area contributed by atoms with Gasteiger partial charge in [-0.3, -0.25) is 0 Å². The number of carbonyl (C=O) groups is 2. The fourth-order valence-electron chi connectivity index (χ4n) is 1.52. The van der Waals surface area contributed by atoms with Crippen molar-refractivity contribution in [3.8, 4) is 0 Å². The van der Waals surface area contributed by atoms with Crippen LogP contribution in [0.2, 0.25) is 0 Å². The topological polar surface area (TPSA) is 75.6 Å². The van der Waals surface area contributed by atoms with E-state index in [9.17, 15) is 14.0 Å². The molecule has 0 spiro atoms. The third kappa shape index (κ3) is 3.87. The second-order valence-electron chi connectivity index (χ2n) is 4.98. The van der Waals surface area contributed by atoms with Crippen molar-refractivity contribution in [2.75, 3.05) is 0 Å². The van der Waals surface area contributed by atoms with Crippen molar-refractivity contribution in [2.45, 2.75) is 38.8 Å². The molecular formula is C12H16FNO4. The molecule has 1 rings (SSSR count). The van der Waals surface area contributed by atoms with Gasteiger partial charge in [-0.05, 0) is 32.4 Å². The molecule has 1 aliphatic carbocycles. The van der Waals surface area contributed by atoms with E-state index in [-0.39, 0.29) is 17.6 Å². The molecule has 1 unspecified atom stereocenters. The number of ether oxygens (including phenoxy) is 1. The van der Waals surface area contributed by atoms with E-state index in [1.807, 2.05) is 0 Å². The minimum Gasteiger partial charge on any atom is -0.478 e. The van der Waals surface area contributed by atoms with E-state index in [0.717, 1.165) is 0 Å². The highest BCUT2D eigenvalue weighted by atomic mass is 19.1. The number of carbonyl (C=O) groups excluding carboxylic acids is 1. The van der Waals surface area contributed by atoms with E-state index in [0.29, 0.717) is 6.33 Å². The fourth-order valence-corrected chi connectivity index (χ4v) is 1.52. The van der Waals surface area contributed by atoms with Gasteiger partial charge in [0.15, 0.2) is 0 Å². The number of nitrogens with one attached hydrogen (secondary N) is 1. The van der Waals surface area contributed by atoms with Gasteiger partial charge in [0.1, 0.15) is 5.60 Å². The van der Waals surface area contributed by atoms with Crippen LogP contribution in [0, 0.1) is 0 Å². The van der Waals surface area contributed by atoms with Crippen LogP contribution in [0.4, 0.5) is 9.18 Å². The monoisotopic (exact) mass is 257 g/mol. The van der Waals surface area contributed by atoms with Gasteiger partial charge in [0.05, 0.1) is 12.4 Å². The van der Waals surface area contributed by atoms with E-state index >= 15 is 0 Å². The standard InChI is InChI=1S/C12H16FNO4/c1-12(2,3)18-11(17)14-9-5-7(10(15)16)4-8(9)6-13/h5-6,9H,4H2,1-3H3,(H,14,17)(H,15,16). The zero-order valence-electron chi connectivity index (χ0n) is 10.5. The highest BCUT2D eigenvalue weighted by molar-refractivity contribution is 5.89. The maximum Gasteiger partial charge on any atom is 0.408 e. The summed E-state index contributed by atoms with van der Waals surface area (Å²) in [6.45, 7) is 5.10. The quantitative estimate of drug-likeness (QED) is 0.794. The number of hydrogen-bond donors (Lipinski definition) is 2. The number of carboxylic acid groups (broad SMARTS) is 1. The Labute approximate surface area is 104 Å². The largest absolute Gasteiger partial charge is 0.478 e. The molecule has 0 radical (unpaired) electrons. The van der Waals surface area contributed by atoms with Crippen molar-refractivity contribution >= 4 is 12.1 Å². The summed E-state index contributed by atoms with van der Waals surface area (Å²) in [5.41, 5.74) is -0.417. The van der Waals surface area contributed by atoms with Gasteiger partial charge in [-0.15, -0.1) is 0 Å². The highest BCUT2D eigenvalue weighted by Gasteiger charge is 2.28. The lowest BCUT2D eigenvalue weighted by Crippen LogP contribution is -2.38. The van der Waals surface area contributed by atoms with Crippen LogP contribution in [-0.2, 0) is 9.53 Å². The summed E-state index contributed by atoms with van der Waals surface area (Å²) in [5, 5.41) is 11.2. The van der Waals surface area contributed by atoms with Gasteiger partial charge in [0.2, 0.25) is 0 Å². The van der Waals surface area contributed by atoms with Crippen LogP contribution >= 0.6 is 0 Å². The first-order chi connectivity index (χ1) is 8.23. The Morgan fingerprint density at radius 3 is 2.61 bits per heavy atom. The van der Waals surface area contributed by atoms with Crippen LogP contribution in [-0.4, -0.2) is 28.8 Å². The molecule has 18 heavy (non-hydrogen) atoms. The molecule has 6 heteroatoms. The van der Waals surface area contributed by atoms with Gasteiger partial charge in [-0.25, -0.2) is 14.0 Å². The Bertz CT molecular complexity index is 420. The SMILES string of the molecule is CC(C)(C)OC(=O)NC1C=C(C(=O)O)CC1=CF. The lowest BCUT2D eigenvalue weighted by atomic mass is 10.1. The minimum absolute atomic E-state index is 0.0215. The Balaban J connectivity index is 2.71. The van der Waals surface area contributed by atoms with Crippen molar-refractivity contribution in [1.82, 2.24) is 5.32 Å². The first-order valence-corrected chi connectivity index (χ1v) is 5.45. The highest BCUT2D eigenvalue weighted by Crippen LogP contribution is 2.25. The van der Waals surface area contributed by atoms with Crippen molar-refractivity contribution in [3.63, 3.8) is 0 Å². The van der Waals surface area contributed by atoms with Gasteiger partial charge < -0.3 is 15.2 Å². The molecule has 0 saturated carbocycles. The molecule has 1 aliphatic rings. The maximum absolute atomic E-state index is 12.6. The fraction of sp³-hybridized carbons (Fsp3) is 0.500. The summed E-state index contributed by atoms with van der Waals surface area (Å²) in [6, 6.07) is -0.768. The van der Waals surface area contributed by atoms with E-state index in [1.165, 1.54) is 6.08 Å². The summed E-state index contributed by atoms with van der Waals surface area (Å²) < 4.78 is 17.6. The Morgan fingerprint density at radius 1 is 1.56 bits per heavy atom. The summed E-state index contributed by atoms with van der Waals surface area (Å²) in [6.07, 6.45) is 0.882. The van der Waals surface area contributed by atoms with Crippen molar-refractivity contribution < 1.29 is 23.8 Å². The number of amides is 1. The average molecular weight is 257 g/mol. The zero-order valence-corrected chi connectivity index (χ0v) is 10.5. The van der Waals surface area contributed by atoms with E-state index in [4.69, 9.17) is 9.84 Å². The lowest BCUT2D eigenvalue weighted by Gasteiger charge is -2.21. The number of alkyl carbamates (subject to hydrolysis) is 1. The van der Waals surface area contributed by atoms with Crippen LogP contribution in [0.15, 0.2) is 23.6 Å². The third-order valence-electron chi connectivity index (χ3n) is 2.25. The van der Waals surface area contributed by atoms with Crippen molar-refractivity contribution in [3.05, 3.63) is 23.6 Å². The second kappa shape index (κ2) is 5.20. The summed E-state index contributed by atoms with van der Waals surface area (Å²) >= 11 is 0. The van der Waals surface area contributed by atoms with Crippen LogP contribution in [0.1, 0.15) is 27.2 Å². The number of halogens is 1. The summed E-state index contributed by atoms with van der Waals surface area (Å²) in [5.74, 6) is -1.12. The first-order valence-electron chi connectivity index (χ1n) is 5.45. The molecule has 0 fully saturated rings. The van der Waals surface area contributed by atoms with Crippen molar-refractivity contribution in [2.24, 2.45) is 0 Å². The van der Waals surface area contributed by atoms with E-state index in [1.54, 1.807) is 20.8 Å². The maximum atomic E-state index is 12.6. The average Bonchev–Trinajstić information content (AvgIpc) is 2.57. The molecule has 0 aliphatic heterocycles. The number of hydrogen-bond acceptors (Lipinski definition) is 3. The smallest absolute Gasteiger partial charge is 0.408 e. The Morgan fingerprint density at radius 2 is 2.17 bits per heavy atom. The molecule has 100 valence electrons. The van der Waals surface area contributed by atoms with Crippen LogP contribution in [0.3, 0.4) is 0 Å². The lowest BCUT2D eigenvalue weighted by molar-refractivity contribution is -0.132. The molecule has 0 saturated heterocycles. The first kappa shape index (κ1) is 14.2. The predicted octanol–water partition coefficient (Wildman–Crippen LogP) is 2.15. The molecule has 0 aromatic carbocycles. The number of rotatable bonds is 2. The van der Waals surface area contributed by atoms with Gasteiger partial charge in [0.25, 0.3) is 0 Å². The summed E-state index contributed by atoms with van der Waals surface area (Å²) in [4.78, 5) is 22.3. The second-order valence-corrected chi connectivity index (χ2v) is 4.98. The predicted molar refractivity (Wildman–Crippen MR) is 62.7 cm³/mol. The number of aliphatic carboxylic acids is 1. The zero-order chi connectivity index (χ0) is 13.9. The summed E-state index contributed by atoms with van der Waals surface area (Å²) in [7, 11) is 0. The molecule has 5 nitrogen and oxygen atoms in total. The van der Waals surface area contributed by atoms with Crippen LogP contribution in [0.5, 0.6) is 0 Å². The van der Waals surface area contributed by atoms with Gasteiger partial charge in [-0.2, -0.15) is 0 Å². The number of carboxylic acids is 1. The van der Waals surface area contributed by atoms with Gasteiger partial charge in [-0.1, -0.05) is 0 Å². The van der Waals surface area contributed by atoms with Gasteiger partial charge >= 0.3 is 12.1 Å². The third-order valence-corrected chi connectivity index (χ3v) is 2.25. The minimum atomic E-state index is -1.12. The van der Waals surface area contributed by atoms with Crippen LogP contribution < -0.4 is 5.32 Å². The molecule has 1 amide bonds. The molecule has 0 heterocycles. The van der Waals surface area contributed by atoms with E-state index < -0.39 is 23.7 Å². The molecule has 0 bridgehead atoms. The molecule has 2 N–H and O–H groups in total. The molecule has 1 atom stereocenters. The molecule has 0 aromatic rings. The molecular weight excluding hydrogens is 241 g/mol. The normalized spacial score (nSPS) is 21.7. The Hall–Kier alpha value is -1.85. The molecule has 0 aromatic heterocycles.